The third-order valence-corrected chi connectivity index (χ3v) is 5.23. The average Bonchev–Trinajstić information content (AvgIpc) is 2.60. The zero-order valence-corrected chi connectivity index (χ0v) is 13.3. The van der Waals surface area contributed by atoms with E-state index in [1.165, 1.54) is 0 Å². The van der Waals surface area contributed by atoms with Crippen LogP contribution in [0.15, 0.2) is 0 Å². The van der Waals surface area contributed by atoms with Crippen LogP contribution in [0, 0.1) is 0 Å². The SMILES string of the molecule is CCN(CC)c1nc(N)nc(N2CCCS(=O)(=O)CC2)n1. The van der Waals surface area contributed by atoms with Crippen LogP contribution >= 0.6 is 0 Å². The summed E-state index contributed by atoms with van der Waals surface area (Å²) in [5.41, 5.74) is 5.77. The molecule has 21 heavy (non-hydrogen) atoms. The highest BCUT2D eigenvalue weighted by Crippen LogP contribution is 2.17. The summed E-state index contributed by atoms with van der Waals surface area (Å²) in [6.07, 6.45) is 0.578. The summed E-state index contributed by atoms with van der Waals surface area (Å²) in [7, 11) is -2.96. The van der Waals surface area contributed by atoms with Crippen LogP contribution in [0.5, 0.6) is 0 Å². The highest BCUT2D eigenvalue weighted by molar-refractivity contribution is 7.91. The van der Waals surface area contributed by atoms with E-state index in [1.54, 1.807) is 0 Å². The Morgan fingerprint density at radius 3 is 2.52 bits per heavy atom. The molecule has 1 aliphatic heterocycles. The molecule has 1 aromatic rings. The number of anilines is 3. The minimum Gasteiger partial charge on any atom is -0.368 e. The second kappa shape index (κ2) is 6.42. The molecule has 1 aromatic heterocycles. The van der Waals surface area contributed by atoms with Gasteiger partial charge in [0.25, 0.3) is 0 Å². The summed E-state index contributed by atoms with van der Waals surface area (Å²) < 4.78 is 23.3. The van der Waals surface area contributed by atoms with E-state index in [1.807, 2.05) is 23.6 Å². The Morgan fingerprint density at radius 1 is 1.14 bits per heavy atom. The first-order chi connectivity index (χ1) is 9.95. The summed E-state index contributed by atoms with van der Waals surface area (Å²) in [4.78, 5) is 16.6. The van der Waals surface area contributed by atoms with Gasteiger partial charge in [0.15, 0.2) is 9.84 Å². The summed E-state index contributed by atoms with van der Waals surface area (Å²) in [5.74, 6) is 1.50. The molecule has 118 valence electrons. The van der Waals surface area contributed by atoms with Gasteiger partial charge in [-0.1, -0.05) is 0 Å². The van der Waals surface area contributed by atoms with Gasteiger partial charge in [-0.2, -0.15) is 15.0 Å². The average molecular weight is 314 g/mol. The van der Waals surface area contributed by atoms with E-state index in [9.17, 15) is 8.42 Å². The molecule has 2 N–H and O–H groups in total. The molecular weight excluding hydrogens is 292 g/mol. The molecule has 2 heterocycles. The van der Waals surface area contributed by atoms with Crippen LogP contribution < -0.4 is 15.5 Å². The van der Waals surface area contributed by atoms with E-state index in [0.717, 1.165) is 13.1 Å². The number of aromatic nitrogens is 3. The second-order valence-corrected chi connectivity index (χ2v) is 7.26. The van der Waals surface area contributed by atoms with Gasteiger partial charge in [0.1, 0.15) is 0 Å². The molecule has 0 amide bonds. The van der Waals surface area contributed by atoms with E-state index in [0.29, 0.717) is 31.4 Å². The van der Waals surface area contributed by atoms with Crippen molar-refractivity contribution >= 4 is 27.7 Å². The zero-order valence-electron chi connectivity index (χ0n) is 12.5. The first kappa shape index (κ1) is 15.7. The first-order valence-corrected chi connectivity index (χ1v) is 8.99. The highest BCUT2D eigenvalue weighted by atomic mass is 32.2. The number of rotatable bonds is 4. The van der Waals surface area contributed by atoms with E-state index >= 15 is 0 Å². The summed E-state index contributed by atoms with van der Waals surface area (Å²) in [6.45, 7) is 6.58. The third kappa shape index (κ3) is 3.93. The second-order valence-electron chi connectivity index (χ2n) is 4.96. The van der Waals surface area contributed by atoms with Gasteiger partial charge in [-0.15, -0.1) is 0 Å². The lowest BCUT2D eigenvalue weighted by molar-refractivity contribution is 0.597. The van der Waals surface area contributed by atoms with Crippen molar-refractivity contribution in [2.45, 2.75) is 20.3 Å². The molecule has 0 aliphatic carbocycles. The highest BCUT2D eigenvalue weighted by Gasteiger charge is 2.22. The fourth-order valence-electron chi connectivity index (χ4n) is 2.30. The molecular formula is C12H22N6O2S. The zero-order chi connectivity index (χ0) is 15.5. The lowest BCUT2D eigenvalue weighted by Gasteiger charge is -2.23. The maximum atomic E-state index is 11.7. The number of nitrogens with zero attached hydrogens (tertiary/aromatic N) is 5. The van der Waals surface area contributed by atoms with Gasteiger partial charge < -0.3 is 15.5 Å². The van der Waals surface area contributed by atoms with Gasteiger partial charge in [-0.3, -0.25) is 0 Å². The molecule has 0 bridgehead atoms. The predicted octanol–water partition coefficient (Wildman–Crippen LogP) is -0.0751. The Morgan fingerprint density at radius 2 is 1.86 bits per heavy atom. The lowest BCUT2D eigenvalue weighted by Crippen LogP contribution is -2.31. The van der Waals surface area contributed by atoms with Crippen molar-refractivity contribution in [1.29, 1.82) is 0 Å². The van der Waals surface area contributed by atoms with Gasteiger partial charge in [-0.25, -0.2) is 8.42 Å². The monoisotopic (exact) mass is 314 g/mol. The maximum Gasteiger partial charge on any atom is 0.231 e. The van der Waals surface area contributed by atoms with Gasteiger partial charge in [0.2, 0.25) is 17.8 Å². The predicted molar refractivity (Wildman–Crippen MR) is 83.3 cm³/mol. The molecule has 0 atom stereocenters. The Kier molecular flexibility index (Phi) is 4.81. The number of nitrogen functional groups attached to an aromatic ring is 1. The fourth-order valence-corrected chi connectivity index (χ4v) is 3.57. The molecule has 1 saturated heterocycles. The van der Waals surface area contributed by atoms with Crippen LogP contribution in [0.4, 0.5) is 17.8 Å². The Bertz CT molecular complexity index is 587. The largest absolute Gasteiger partial charge is 0.368 e. The molecule has 0 unspecified atom stereocenters. The molecule has 1 aliphatic rings. The molecule has 0 spiro atoms. The number of hydrogen-bond donors (Lipinski definition) is 1. The van der Waals surface area contributed by atoms with Crippen molar-refractivity contribution in [2.24, 2.45) is 0 Å². The molecule has 0 saturated carbocycles. The fraction of sp³-hybridized carbons (Fsp3) is 0.750. The standard InChI is InChI=1S/C12H22N6O2S/c1-3-17(4-2)11-14-10(13)15-12(16-11)18-6-5-8-21(19,20)9-7-18/h3-9H2,1-2H3,(H2,13,14,15,16). The van der Waals surface area contributed by atoms with E-state index in [4.69, 9.17) is 5.73 Å². The topological polar surface area (TPSA) is 105 Å². The molecule has 0 aromatic carbocycles. The van der Waals surface area contributed by atoms with Gasteiger partial charge >= 0.3 is 0 Å². The molecule has 1 fully saturated rings. The summed E-state index contributed by atoms with van der Waals surface area (Å²) >= 11 is 0. The molecule has 9 heteroatoms. The van der Waals surface area contributed by atoms with Crippen molar-refractivity contribution < 1.29 is 8.42 Å². The third-order valence-electron chi connectivity index (χ3n) is 3.51. The van der Waals surface area contributed by atoms with Gasteiger partial charge in [-0.05, 0) is 20.3 Å². The Balaban J connectivity index is 2.27. The Labute approximate surface area is 125 Å². The first-order valence-electron chi connectivity index (χ1n) is 7.17. The van der Waals surface area contributed by atoms with Crippen LogP contribution in [-0.4, -0.2) is 61.1 Å². The van der Waals surface area contributed by atoms with Crippen molar-refractivity contribution in [1.82, 2.24) is 15.0 Å². The van der Waals surface area contributed by atoms with Crippen LogP contribution in [-0.2, 0) is 9.84 Å². The van der Waals surface area contributed by atoms with Gasteiger partial charge in [0, 0.05) is 26.2 Å². The van der Waals surface area contributed by atoms with Crippen LogP contribution in [0.3, 0.4) is 0 Å². The summed E-state index contributed by atoms with van der Waals surface area (Å²) in [6, 6.07) is 0. The molecule has 0 radical (unpaired) electrons. The maximum absolute atomic E-state index is 11.7. The van der Waals surface area contributed by atoms with Crippen molar-refractivity contribution in [2.75, 3.05) is 53.2 Å². The van der Waals surface area contributed by atoms with Gasteiger partial charge in [0.05, 0.1) is 11.5 Å². The summed E-state index contributed by atoms with van der Waals surface area (Å²) in [5, 5.41) is 0. The number of sulfone groups is 1. The van der Waals surface area contributed by atoms with Crippen molar-refractivity contribution in [3.05, 3.63) is 0 Å². The van der Waals surface area contributed by atoms with E-state index < -0.39 is 9.84 Å². The Hall–Kier alpha value is -1.64. The number of hydrogen-bond acceptors (Lipinski definition) is 8. The number of nitrogens with two attached hydrogens (primary N) is 1. The minimum atomic E-state index is -2.96. The van der Waals surface area contributed by atoms with Crippen molar-refractivity contribution in [3.8, 4) is 0 Å². The van der Waals surface area contributed by atoms with Crippen LogP contribution in [0.1, 0.15) is 20.3 Å². The molecule has 2 rings (SSSR count). The molecule has 8 nitrogen and oxygen atoms in total. The smallest absolute Gasteiger partial charge is 0.231 e. The van der Waals surface area contributed by atoms with E-state index in [2.05, 4.69) is 15.0 Å². The van der Waals surface area contributed by atoms with Crippen molar-refractivity contribution in [3.63, 3.8) is 0 Å². The quantitative estimate of drug-likeness (QED) is 0.823. The lowest BCUT2D eigenvalue weighted by atomic mass is 10.4. The van der Waals surface area contributed by atoms with Crippen LogP contribution in [0.2, 0.25) is 0 Å². The van der Waals surface area contributed by atoms with Crippen LogP contribution in [0.25, 0.3) is 0 Å². The minimum absolute atomic E-state index is 0.124. The normalized spacial score (nSPS) is 18.3. The van der Waals surface area contributed by atoms with E-state index in [-0.39, 0.29) is 17.5 Å².